The van der Waals surface area contributed by atoms with Gasteiger partial charge in [-0.2, -0.15) is 10.2 Å². The molecule has 0 aliphatic heterocycles. The monoisotopic (exact) mass is 226 g/mol. The lowest BCUT2D eigenvalue weighted by molar-refractivity contribution is 0.104. The zero-order valence-electron chi connectivity index (χ0n) is 9.24. The molecule has 3 aromatic heterocycles. The van der Waals surface area contributed by atoms with Gasteiger partial charge in [-0.3, -0.25) is 9.48 Å². The smallest absolute Gasteiger partial charge is 0.199 e. The number of aromatic nitrogens is 4. The van der Waals surface area contributed by atoms with Crippen LogP contribution in [0.25, 0.3) is 5.52 Å². The molecule has 3 rings (SSSR count). The largest absolute Gasteiger partial charge is 0.288 e. The van der Waals surface area contributed by atoms with Crippen LogP contribution in [-0.2, 0) is 7.05 Å². The van der Waals surface area contributed by atoms with E-state index < -0.39 is 0 Å². The molecule has 0 saturated heterocycles. The van der Waals surface area contributed by atoms with E-state index >= 15 is 0 Å². The van der Waals surface area contributed by atoms with Gasteiger partial charge in [-0.1, -0.05) is 6.07 Å². The van der Waals surface area contributed by atoms with E-state index in [1.807, 2.05) is 24.4 Å². The quantitative estimate of drug-likeness (QED) is 0.619. The minimum Gasteiger partial charge on any atom is -0.288 e. The number of nitrogens with zero attached hydrogens (tertiary/aromatic N) is 4. The van der Waals surface area contributed by atoms with E-state index in [9.17, 15) is 4.79 Å². The van der Waals surface area contributed by atoms with Crippen molar-refractivity contribution in [1.29, 1.82) is 0 Å². The first-order valence-electron chi connectivity index (χ1n) is 5.21. The van der Waals surface area contributed by atoms with Crippen molar-refractivity contribution in [2.24, 2.45) is 7.05 Å². The Kier molecular flexibility index (Phi) is 2.04. The molecule has 3 heterocycles. The standard InChI is InChI=1S/C12H10N4O/c1-15-8-9(6-13-15)12(17)10-7-14-16-5-3-2-4-11(10)16/h2-8H,1H3. The Balaban J connectivity index is 2.13. The lowest BCUT2D eigenvalue weighted by atomic mass is 10.1. The van der Waals surface area contributed by atoms with Crippen LogP contribution < -0.4 is 0 Å². The van der Waals surface area contributed by atoms with Crippen molar-refractivity contribution in [2.75, 3.05) is 0 Å². The van der Waals surface area contributed by atoms with Crippen LogP contribution in [0.3, 0.4) is 0 Å². The van der Waals surface area contributed by atoms with E-state index in [-0.39, 0.29) is 5.78 Å². The highest BCUT2D eigenvalue weighted by Crippen LogP contribution is 2.14. The Morgan fingerprint density at radius 2 is 2.12 bits per heavy atom. The average Bonchev–Trinajstić information content (AvgIpc) is 2.94. The second-order valence-electron chi connectivity index (χ2n) is 3.82. The molecule has 0 saturated carbocycles. The highest BCUT2D eigenvalue weighted by Gasteiger charge is 2.15. The normalized spacial score (nSPS) is 10.9. The maximum absolute atomic E-state index is 12.2. The van der Waals surface area contributed by atoms with Crippen LogP contribution in [-0.4, -0.2) is 25.2 Å². The zero-order valence-corrected chi connectivity index (χ0v) is 9.24. The molecule has 0 radical (unpaired) electrons. The summed E-state index contributed by atoms with van der Waals surface area (Å²) >= 11 is 0. The van der Waals surface area contributed by atoms with Gasteiger partial charge in [-0.25, -0.2) is 4.52 Å². The predicted octanol–water partition coefficient (Wildman–Crippen LogP) is 1.30. The van der Waals surface area contributed by atoms with E-state index in [0.29, 0.717) is 11.1 Å². The van der Waals surface area contributed by atoms with Gasteiger partial charge >= 0.3 is 0 Å². The third-order valence-corrected chi connectivity index (χ3v) is 2.64. The molecule has 0 aliphatic rings. The summed E-state index contributed by atoms with van der Waals surface area (Å²) in [6, 6.07) is 5.63. The molecule has 0 aromatic carbocycles. The van der Waals surface area contributed by atoms with E-state index in [4.69, 9.17) is 0 Å². The zero-order chi connectivity index (χ0) is 11.8. The van der Waals surface area contributed by atoms with Gasteiger partial charge in [0.05, 0.1) is 29.0 Å². The summed E-state index contributed by atoms with van der Waals surface area (Å²) in [6.45, 7) is 0. The number of carbonyl (C=O) groups is 1. The van der Waals surface area contributed by atoms with Crippen LogP contribution in [0.1, 0.15) is 15.9 Å². The molecule has 0 bridgehead atoms. The Morgan fingerprint density at radius 1 is 1.24 bits per heavy atom. The molecule has 0 fully saturated rings. The number of carbonyl (C=O) groups excluding carboxylic acids is 1. The molecular weight excluding hydrogens is 216 g/mol. The first kappa shape index (κ1) is 9.77. The van der Waals surface area contributed by atoms with E-state index in [0.717, 1.165) is 5.52 Å². The number of aryl methyl sites for hydroxylation is 1. The van der Waals surface area contributed by atoms with Gasteiger partial charge in [-0.15, -0.1) is 0 Å². The molecule has 17 heavy (non-hydrogen) atoms. The summed E-state index contributed by atoms with van der Waals surface area (Å²) in [5, 5.41) is 8.14. The molecule has 5 heteroatoms. The molecule has 3 aromatic rings. The van der Waals surface area contributed by atoms with Gasteiger partial charge in [0.1, 0.15) is 0 Å². The topological polar surface area (TPSA) is 52.2 Å². The van der Waals surface area contributed by atoms with Gasteiger partial charge in [0, 0.05) is 19.4 Å². The maximum atomic E-state index is 12.2. The second kappa shape index (κ2) is 3.55. The summed E-state index contributed by atoms with van der Waals surface area (Å²) < 4.78 is 3.29. The SMILES string of the molecule is Cn1cc(C(=O)c2cnn3ccccc23)cn1. The van der Waals surface area contributed by atoms with Gasteiger partial charge in [0.25, 0.3) is 0 Å². The highest BCUT2D eigenvalue weighted by molar-refractivity contribution is 6.12. The van der Waals surface area contributed by atoms with Crippen LogP contribution >= 0.6 is 0 Å². The number of hydrogen-bond donors (Lipinski definition) is 0. The number of ketones is 1. The summed E-state index contributed by atoms with van der Waals surface area (Å²) in [7, 11) is 1.78. The maximum Gasteiger partial charge on any atom is 0.199 e. The van der Waals surface area contributed by atoms with Crippen molar-refractivity contribution in [3.63, 3.8) is 0 Å². The fourth-order valence-electron chi connectivity index (χ4n) is 1.80. The lowest BCUT2D eigenvalue weighted by Gasteiger charge is -1.95. The van der Waals surface area contributed by atoms with Gasteiger partial charge in [0.15, 0.2) is 5.78 Å². The minimum atomic E-state index is -0.0562. The Hall–Kier alpha value is -2.43. The molecule has 0 atom stereocenters. The number of rotatable bonds is 2. The van der Waals surface area contributed by atoms with Crippen molar-refractivity contribution < 1.29 is 4.79 Å². The lowest BCUT2D eigenvalue weighted by Crippen LogP contribution is -1.99. The van der Waals surface area contributed by atoms with E-state index in [1.54, 1.807) is 34.8 Å². The Morgan fingerprint density at radius 3 is 2.88 bits per heavy atom. The molecule has 0 N–H and O–H groups in total. The van der Waals surface area contributed by atoms with Crippen molar-refractivity contribution in [2.45, 2.75) is 0 Å². The summed E-state index contributed by atoms with van der Waals surface area (Å²) in [6.07, 6.45) is 6.67. The van der Waals surface area contributed by atoms with Gasteiger partial charge in [-0.05, 0) is 12.1 Å². The van der Waals surface area contributed by atoms with Crippen LogP contribution in [0, 0.1) is 0 Å². The average molecular weight is 226 g/mol. The first-order chi connectivity index (χ1) is 8.25. The third kappa shape index (κ3) is 1.52. The summed E-state index contributed by atoms with van der Waals surface area (Å²) in [4.78, 5) is 12.2. The van der Waals surface area contributed by atoms with Crippen molar-refractivity contribution >= 4 is 11.3 Å². The number of hydrogen-bond acceptors (Lipinski definition) is 3. The molecule has 5 nitrogen and oxygen atoms in total. The summed E-state index contributed by atoms with van der Waals surface area (Å²) in [5.74, 6) is -0.0562. The minimum absolute atomic E-state index is 0.0562. The number of fused-ring (bicyclic) bond motifs is 1. The van der Waals surface area contributed by atoms with Crippen LogP contribution in [0.5, 0.6) is 0 Å². The van der Waals surface area contributed by atoms with Crippen molar-refractivity contribution in [1.82, 2.24) is 19.4 Å². The van der Waals surface area contributed by atoms with Crippen molar-refractivity contribution in [3.8, 4) is 0 Å². The second-order valence-corrected chi connectivity index (χ2v) is 3.82. The van der Waals surface area contributed by atoms with Crippen LogP contribution in [0.15, 0.2) is 43.0 Å². The van der Waals surface area contributed by atoms with Gasteiger partial charge < -0.3 is 0 Å². The predicted molar refractivity (Wildman–Crippen MR) is 61.8 cm³/mol. The van der Waals surface area contributed by atoms with E-state index in [2.05, 4.69) is 10.2 Å². The fourth-order valence-corrected chi connectivity index (χ4v) is 1.80. The first-order valence-corrected chi connectivity index (χ1v) is 5.21. The fraction of sp³-hybridized carbons (Fsp3) is 0.0833. The van der Waals surface area contributed by atoms with Crippen LogP contribution in [0.4, 0.5) is 0 Å². The third-order valence-electron chi connectivity index (χ3n) is 2.64. The molecule has 0 spiro atoms. The molecule has 84 valence electrons. The summed E-state index contributed by atoms with van der Waals surface area (Å²) in [5.41, 5.74) is 1.98. The van der Waals surface area contributed by atoms with E-state index in [1.165, 1.54) is 0 Å². The Bertz CT molecular complexity index is 695. The highest BCUT2D eigenvalue weighted by atomic mass is 16.1. The Labute approximate surface area is 97.3 Å². The van der Waals surface area contributed by atoms with Gasteiger partial charge in [0.2, 0.25) is 0 Å². The number of pyridine rings is 1. The molecule has 0 aliphatic carbocycles. The molecule has 0 amide bonds. The van der Waals surface area contributed by atoms with Crippen molar-refractivity contribution in [3.05, 3.63) is 54.1 Å². The van der Waals surface area contributed by atoms with Crippen LogP contribution in [0.2, 0.25) is 0 Å². The molecular formula is C12H10N4O. The molecule has 0 unspecified atom stereocenters.